The zero-order chi connectivity index (χ0) is 15.1. The van der Waals surface area contributed by atoms with Crippen LogP contribution in [0.1, 0.15) is 5.56 Å². The summed E-state index contributed by atoms with van der Waals surface area (Å²) in [6.45, 7) is 9.24. The predicted octanol–water partition coefficient (Wildman–Crippen LogP) is 4.97. The van der Waals surface area contributed by atoms with Crippen molar-refractivity contribution in [2.75, 3.05) is 0 Å². The van der Waals surface area contributed by atoms with Crippen molar-refractivity contribution in [2.45, 2.75) is 6.92 Å². The number of aryl methyl sites for hydroxylation is 1. The fourth-order valence-electron chi connectivity index (χ4n) is 2.69. The Hall–Kier alpha value is -2.40. The van der Waals surface area contributed by atoms with Crippen LogP contribution in [0.2, 0.25) is 0 Å². The van der Waals surface area contributed by atoms with Crippen molar-refractivity contribution in [3.8, 4) is 11.3 Å². The van der Waals surface area contributed by atoms with Crippen LogP contribution >= 0.6 is 0 Å². The van der Waals surface area contributed by atoms with E-state index < -0.39 is 0 Å². The van der Waals surface area contributed by atoms with E-state index in [1.54, 1.807) is 0 Å². The second-order valence-electron chi connectivity index (χ2n) is 5.30. The molecular weight excluding hydrogens is 335 g/mol. The van der Waals surface area contributed by atoms with Crippen LogP contribution in [-0.2, 0) is 0 Å². The van der Waals surface area contributed by atoms with Gasteiger partial charge in [-0.2, -0.15) is 0 Å². The van der Waals surface area contributed by atoms with Crippen LogP contribution in [0.25, 0.3) is 35.4 Å². The first kappa shape index (κ1) is 13.3. The molecule has 0 unspecified atom stereocenters. The number of hydrogen-bond donors (Lipinski definition) is 0. The summed E-state index contributed by atoms with van der Waals surface area (Å²) >= 11 is 0.231. The molecule has 2 heterocycles. The summed E-state index contributed by atoms with van der Waals surface area (Å²) in [5, 5.41) is 2.57. The van der Waals surface area contributed by atoms with E-state index in [1.165, 1.54) is 30.4 Å². The van der Waals surface area contributed by atoms with Crippen LogP contribution in [0.15, 0.2) is 54.7 Å². The van der Waals surface area contributed by atoms with Gasteiger partial charge in [0.05, 0.1) is 0 Å². The van der Waals surface area contributed by atoms with Crippen LogP contribution in [-0.4, -0.2) is 19.5 Å². The fraction of sp³-hybridized carbons (Fsp3) is 0.0526. The van der Waals surface area contributed by atoms with Gasteiger partial charge in [-0.3, -0.25) is 0 Å². The predicted molar refractivity (Wildman–Crippen MR) is 92.6 cm³/mol. The SMILES string of the molecule is [C-]#[N+]c1ccc2c(c1)[se]c1c(-c3ccc(C)cn3)cccc12. The second-order valence-corrected chi connectivity index (χ2v) is 7.50. The molecule has 3 heteroatoms. The average Bonchev–Trinajstić information content (AvgIpc) is 2.93. The first-order chi connectivity index (χ1) is 10.8. The van der Waals surface area contributed by atoms with Crippen LogP contribution in [0.5, 0.6) is 0 Å². The quantitative estimate of drug-likeness (QED) is 0.351. The third-order valence-electron chi connectivity index (χ3n) is 3.80. The van der Waals surface area contributed by atoms with Crippen molar-refractivity contribution < 1.29 is 0 Å². The van der Waals surface area contributed by atoms with E-state index in [9.17, 15) is 0 Å². The maximum atomic E-state index is 7.19. The molecule has 22 heavy (non-hydrogen) atoms. The summed E-state index contributed by atoms with van der Waals surface area (Å²) in [7, 11) is 0. The molecule has 0 aliphatic carbocycles. The van der Waals surface area contributed by atoms with Crippen molar-refractivity contribution in [1.82, 2.24) is 4.98 Å². The van der Waals surface area contributed by atoms with Crippen molar-refractivity contribution in [2.24, 2.45) is 0 Å². The topological polar surface area (TPSA) is 17.2 Å². The van der Waals surface area contributed by atoms with E-state index in [1.807, 2.05) is 18.3 Å². The van der Waals surface area contributed by atoms with Gasteiger partial charge < -0.3 is 0 Å². The van der Waals surface area contributed by atoms with E-state index in [4.69, 9.17) is 6.57 Å². The van der Waals surface area contributed by atoms with Gasteiger partial charge in [0.15, 0.2) is 0 Å². The molecule has 0 N–H and O–H groups in total. The average molecular weight is 347 g/mol. The number of hydrogen-bond acceptors (Lipinski definition) is 1. The molecule has 0 bridgehead atoms. The molecule has 2 aromatic carbocycles. The molecule has 0 fully saturated rings. The van der Waals surface area contributed by atoms with Gasteiger partial charge in [-0.15, -0.1) is 0 Å². The summed E-state index contributed by atoms with van der Waals surface area (Å²) in [6.07, 6.45) is 1.92. The number of benzene rings is 2. The Bertz CT molecular complexity index is 1040. The molecule has 104 valence electrons. The molecule has 0 aliphatic rings. The summed E-state index contributed by atoms with van der Waals surface area (Å²) in [5.41, 5.74) is 4.15. The number of nitrogens with zero attached hydrogens (tertiary/aromatic N) is 2. The van der Waals surface area contributed by atoms with Crippen molar-refractivity contribution in [3.05, 3.63) is 71.7 Å². The van der Waals surface area contributed by atoms with E-state index in [0.29, 0.717) is 0 Å². The van der Waals surface area contributed by atoms with Crippen LogP contribution < -0.4 is 0 Å². The molecule has 4 aromatic rings. The van der Waals surface area contributed by atoms with Crippen molar-refractivity contribution >= 4 is 39.5 Å². The normalized spacial score (nSPS) is 10.9. The van der Waals surface area contributed by atoms with E-state index in [0.717, 1.165) is 11.4 Å². The summed E-state index contributed by atoms with van der Waals surface area (Å²) in [6, 6.07) is 16.7. The van der Waals surface area contributed by atoms with Gasteiger partial charge in [0.2, 0.25) is 0 Å². The minimum absolute atomic E-state index is 0.231. The second kappa shape index (κ2) is 5.10. The Morgan fingerprint density at radius 2 is 1.95 bits per heavy atom. The van der Waals surface area contributed by atoms with Gasteiger partial charge in [0.25, 0.3) is 0 Å². The summed E-state index contributed by atoms with van der Waals surface area (Å²) in [5.74, 6) is 0. The first-order valence-electron chi connectivity index (χ1n) is 7.02. The molecule has 0 atom stereocenters. The summed E-state index contributed by atoms with van der Waals surface area (Å²) in [4.78, 5) is 8.13. The van der Waals surface area contributed by atoms with E-state index >= 15 is 0 Å². The molecule has 0 saturated heterocycles. The van der Waals surface area contributed by atoms with Crippen molar-refractivity contribution in [1.29, 1.82) is 0 Å². The Morgan fingerprint density at radius 3 is 2.73 bits per heavy atom. The molecular formula is C19H12N2Se. The third-order valence-corrected chi connectivity index (χ3v) is 6.32. The van der Waals surface area contributed by atoms with Crippen LogP contribution in [0, 0.1) is 13.5 Å². The molecule has 0 amide bonds. The summed E-state index contributed by atoms with van der Waals surface area (Å²) < 4.78 is 2.68. The van der Waals surface area contributed by atoms with Crippen molar-refractivity contribution in [3.63, 3.8) is 0 Å². The molecule has 0 aliphatic heterocycles. The molecule has 0 radical (unpaired) electrons. The van der Waals surface area contributed by atoms with Gasteiger partial charge in [0, 0.05) is 0 Å². The van der Waals surface area contributed by atoms with Gasteiger partial charge in [-0.25, -0.2) is 0 Å². The number of fused-ring (bicyclic) bond motifs is 3. The van der Waals surface area contributed by atoms with Gasteiger partial charge in [-0.05, 0) is 0 Å². The molecule has 0 saturated carbocycles. The monoisotopic (exact) mass is 348 g/mol. The zero-order valence-electron chi connectivity index (χ0n) is 12.0. The fourth-order valence-corrected chi connectivity index (χ4v) is 5.32. The Kier molecular flexibility index (Phi) is 3.08. The molecule has 2 nitrogen and oxygen atoms in total. The Morgan fingerprint density at radius 1 is 1.05 bits per heavy atom. The molecule has 2 aromatic heterocycles. The third kappa shape index (κ3) is 2.05. The number of rotatable bonds is 1. The Labute approximate surface area is 134 Å². The van der Waals surface area contributed by atoms with E-state index in [2.05, 4.69) is 53.2 Å². The minimum atomic E-state index is 0.231. The van der Waals surface area contributed by atoms with Crippen LogP contribution in [0.3, 0.4) is 0 Å². The van der Waals surface area contributed by atoms with Crippen LogP contribution in [0.4, 0.5) is 5.69 Å². The maximum absolute atomic E-state index is 7.19. The molecule has 4 rings (SSSR count). The van der Waals surface area contributed by atoms with Gasteiger partial charge >= 0.3 is 134 Å². The number of pyridine rings is 1. The first-order valence-corrected chi connectivity index (χ1v) is 8.73. The van der Waals surface area contributed by atoms with E-state index in [-0.39, 0.29) is 14.5 Å². The van der Waals surface area contributed by atoms with Gasteiger partial charge in [-0.1, -0.05) is 0 Å². The molecule has 0 spiro atoms. The Balaban J connectivity index is 2.04. The zero-order valence-corrected chi connectivity index (χ0v) is 13.7. The standard InChI is InChI=1S/C19H12N2Se/c1-12-6-9-17(21-11-12)16-5-3-4-15-14-8-7-13(20-2)10-18(14)22-19(15)16/h3-11H,1H3. The number of aromatic nitrogens is 1. The van der Waals surface area contributed by atoms with Gasteiger partial charge in [0.1, 0.15) is 0 Å².